The summed E-state index contributed by atoms with van der Waals surface area (Å²) in [6, 6.07) is 11.3. The van der Waals surface area contributed by atoms with Gasteiger partial charge in [0.05, 0.1) is 15.1 Å². The van der Waals surface area contributed by atoms with E-state index in [0.717, 1.165) is 5.56 Å². The number of ether oxygens (including phenoxy) is 1. The molecule has 28 heavy (non-hydrogen) atoms. The largest absolute Gasteiger partial charge is 0.482 e. The van der Waals surface area contributed by atoms with Crippen LogP contribution in [0.2, 0.25) is 15.1 Å². The van der Waals surface area contributed by atoms with Gasteiger partial charge in [0, 0.05) is 13.1 Å². The zero-order valence-electron chi connectivity index (χ0n) is 15.5. The van der Waals surface area contributed by atoms with Crippen LogP contribution in [0.5, 0.6) is 5.75 Å². The lowest BCUT2D eigenvalue weighted by Gasteiger charge is -2.28. The molecule has 0 fully saturated rings. The summed E-state index contributed by atoms with van der Waals surface area (Å²) in [5.74, 6) is -0.212. The molecule has 0 aliphatic rings. The highest BCUT2D eigenvalue weighted by Crippen LogP contribution is 2.25. The minimum Gasteiger partial charge on any atom is -0.482 e. The van der Waals surface area contributed by atoms with E-state index in [1.165, 1.54) is 4.90 Å². The quantitative estimate of drug-likeness (QED) is 0.650. The van der Waals surface area contributed by atoms with Crippen molar-refractivity contribution in [1.82, 2.24) is 10.2 Å². The Hall–Kier alpha value is -1.95. The molecule has 0 saturated heterocycles. The second-order valence-electron chi connectivity index (χ2n) is 6.06. The first-order valence-electron chi connectivity index (χ1n) is 8.72. The van der Waals surface area contributed by atoms with Crippen molar-refractivity contribution in [3.8, 4) is 5.75 Å². The van der Waals surface area contributed by atoms with E-state index >= 15 is 0 Å². The van der Waals surface area contributed by atoms with Crippen LogP contribution in [0, 0.1) is 0 Å². The van der Waals surface area contributed by atoms with Crippen LogP contribution in [0.15, 0.2) is 42.5 Å². The molecule has 2 aromatic carbocycles. The van der Waals surface area contributed by atoms with Gasteiger partial charge in [-0.15, -0.1) is 0 Å². The molecule has 2 aromatic rings. The normalized spacial score (nSPS) is 11.6. The Bertz CT molecular complexity index is 845. The maximum atomic E-state index is 12.9. The van der Waals surface area contributed by atoms with Crippen molar-refractivity contribution in [2.45, 2.75) is 26.4 Å². The van der Waals surface area contributed by atoms with Crippen LogP contribution in [0.25, 0.3) is 0 Å². The maximum absolute atomic E-state index is 12.9. The van der Waals surface area contributed by atoms with Crippen molar-refractivity contribution in [2.24, 2.45) is 0 Å². The van der Waals surface area contributed by atoms with E-state index in [9.17, 15) is 9.59 Å². The molecule has 2 rings (SSSR count). The van der Waals surface area contributed by atoms with E-state index in [1.807, 2.05) is 6.92 Å². The van der Waals surface area contributed by atoms with Crippen LogP contribution in [-0.4, -0.2) is 35.9 Å². The summed E-state index contributed by atoms with van der Waals surface area (Å²) in [6.07, 6.45) is 0. The molecular weight excluding hydrogens is 423 g/mol. The van der Waals surface area contributed by atoms with Gasteiger partial charge in [0.1, 0.15) is 11.8 Å². The Balaban J connectivity index is 2.18. The fourth-order valence-electron chi connectivity index (χ4n) is 2.52. The highest BCUT2D eigenvalue weighted by atomic mass is 35.5. The second-order valence-corrected chi connectivity index (χ2v) is 7.28. The molecule has 0 bridgehead atoms. The van der Waals surface area contributed by atoms with Gasteiger partial charge in [-0.3, -0.25) is 9.59 Å². The number of para-hydroxylation sites is 1. The first-order valence-corrected chi connectivity index (χ1v) is 9.85. The van der Waals surface area contributed by atoms with Crippen LogP contribution in [0.1, 0.15) is 19.4 Å². The van der Waals surface area contributed by atoms with Crippen molar-refractivity contribution in [2.75, 3.05) is 13.2 Å². The Labute approximate surface area is 179 Å². The molecule has 0 saturated carbocycles. The molecule has 5 nitrogen and oxygen atoms in total. The van der Waals surface area contributed by atoms with Gasteiger partial charge in [-0.25, -0.2) is 0 Å². The van der Waals surface area contributed by atoms with Gasteiger partial charge in [-0.1, -0.05) is 53.0 Å². The number of rotatable bonds is 8. The number of carbonyl (C=O) groups is 2. The summed E-state index contributed by atoms with van der Waals surface area (Å²) in [4.78, 5) is 26.6. The van der Waals surface area contributed by atoms with Gasteiger partial charge < -0.3 is 15.0 Å². The summed E-state index contributed by atoms with van der Waals surface area (Å²) in [7, 11) is 0. The van der Waals surface area contributed by atoms with Gasteiger partial charge in [0.15, 0.2) is 6.61 Å². The van der Waals surface area contributed by atoms with E-state index in [0.29, 0.717) is 27.4 Å². The average molecular weight is 444 g/mol. The summed E-state index contributed by atoms with van der Waals surface area (Å²) in [5, 5.41) is 3.93. The van der Waals surface area contributed by atoms with E-state index in [2.05, 4.69) is 5.32 Å². The lowest BCUT2D eigenvalue weighted by Crippen LogP contribution is -2.49. The number of halogens is 3. The lowest BCUT2D eigenvalue weighted by molar-refractivity contribution is -0.142. The summed E-state index contributed by atoms with van der Waals surface area (Å²) < 4.78 is 5.55. The maximum Gasteiger partial charge on any atom is 0.261 e. The standard InChI is InChI=1S/C20H21Cl3N2O3/c1-3-24-20(27)13(2)25(11-14-8-9-15(21)17(23)10-14)19(26)12-28-18-7-5-4-6-16(18)22/h4-10,13H,3,11-12H2,1-2H3,(H,24,27)/t13-/m0/s1. The van der Waals surface area contributed by atoms with E-state index in [4.69, 9.17) is 39.5 Å². The second kappa shape index (κ2) is 10.6. The minimum absolute atomic E-state index is 0.180. The lowest BCUT2D eigenvalue weighted by atomic mass is 10.1. The number of hydrogen-bond donors (Lipinski definition) is 1. The Morgan fingerprint density at radius 1 is 1.07 bits per heavy atom. The van der Waals surface area contributed by atoms with Gasteiger partial charge in [-0.05, 0) is 43.7 Å². The molecule has 2 amide bonds. The molecule has 0 aliphatic heterocycles. The summed E-state index contributed by atoms with van der Waals surface area (Å²) in [5.41, 5.74) is 0.747. The summed E-state index contributed by atoms with van der Waals surface area (Å²) in [6.45, 7) is 3.87. The Morgan fingerprint density at radius 2 is 1.79 bits per heavy atom. The first kappa shape index (κ1) is 22.3. The van der Waals surface area contributed by atoms with Crippen LogP contribution in [-0.2, 0) is 16.1 Å². The number of nitrogens with zero attached hydrogens (tertiary/aromatic N) is 1. The topological polar surface area (TPSA) is 58.6 Å². The SMILES string of the molecule is CCNC(=O)[C@H](C)N(Cc1ccc(Cl)c(Cl)c1)C(=O)COc1ccccc1Cl. The van der Waals surface area contributed by atoms with Crippen molar-refractivity contribution >= 4 is 46.6 Å². The third-order valence-electron chi connectivity index (χ3n) is 4.04. The average Bonchev–Trinajstić information content (AvgIpc) is 2.67. The molecule has 1 N–H and O–H groups in total. The molecule has 0 unspecified atom stereocenters. The number of hydrogen-bond acceptors (Lipinski definition) is 3. The Kier molecular flexibility index (Phi) is 8.42. The smallest absolute Gasteiger partial charge is 0.261 e. The molecule has 0 heterocycles. The zero-order chi connectivity index (χ0) is 20.7. The molecule has 0 radical (unpaired) electrons. The van der Waals surface area contributed by atoms with Crippen molar-refractivity contribution < 1.29 is 14.3 Å². The zero-order valence-corrected chi connectivity index (χ0v) is 17.8. The highest BCUT2D eigenvalue weighted by Gasteiger charge is 2.26. The van der Waals surface area contributed by atoms with Gasteiger partial charge in [0.2, 0.25) is 5.91 Å². The summed E-state index contributed by atoms with van der Waals surface area (Å²) >= 11 is 18.1. The highest BCUT2D eigenvalue weighted by molar-refractivity contribution is 6.42. The van der Waals surface area contributed by atoms with Gasteiger partial charge >= 0.3 is 0 Å². The molecule has 8 heteroatoms. The molecule has 1 atom stereocenters. The predicted molar refractivity (Wildman–Crippen MR) is 112 cm³/mol. The molecule has 150 valence electrons. The first-order chi connectivity index (χ1) is 13.3. The van der Waals surface area contributed by atoms with Crippen LogP contribution >= 0.6 is 34.8 Å². The molecule has 0 aromatic heterocycles. The van der Waals surface area contributed by atoms with Gasteiger partial charge in [0.25, 0.3) is 5.91 Å². The van der Waals surface area contributed by atoms with Crippen molar-refractivity contribution in [3.63, 3.8) is 0 Å². The van der Waals surface area contributed by atoms with Crippen LogP contribution in [0.4, 0.5) is 0 Å². The molecular formula is C20H21Cl3N2O3. The Morgan fingerprint density at radius 3 is 2.43 bits per heavy atom. The fourth-order valence-corrected chi connectivity index (χ4v) is 3.03. The van der Waals surface area contributed by atoms with Gasteiger partial charge in [-0.2, -0.15) is 0 Å². The van der Waals surface area contributed by atoms with E-state index in [-0.39, 0.29) is 25.0 Å². The third kappa shape index (κ3) is 6.03. The van der Waals surface area contributed by atoms with Crippen molar-refractivity contribution in [1.29, 1.82) is 0 Å². The van der Waals surface area contributed by atoms with Crippen LogP contribution < -0.4 is 10.1 Å². The third-order valence-corrected chi connectivity index (χ3v) is 5.09. The molecule has 0 aliphatic carbocycles. The molecule has 0 spiro atoms. The number of amides is 2. The number of nitrogens with one attached hydrogen (secondary N) is 1. The van der Waals surface area contributed by atoms with E-state index in [1.54, 1.807) is 49.4 Å². The minimum atomic E-state index is -0.697. The predicted octanol–water partition coefficient (Wildman–Crippen LogP) is 4.58. The van der Waals surface area contributed by atoms with E-state index < -0.39 is 6.04 Å². The fraction of sp³-hybridized carbons (Fsp3) is 0.300. The van der Waals surface area contributed by atoms with Crippen molar-refractivity contribution in [3.05, 3.63) is 63.1 Å². The van der Waals surface area contributed by atoms with Crippen LogP contribution in [0.3, 0.4) is 0 Å². The number of benzene rings is 2. The monoisotopic (exact) mass is 442 g/mol. The number of likely N-dealkylation sites (N-methyl/N-ethyl adjacent to an activating group) is 1. The number of carbonyl (C=O) groups excluding carboxylic acids is 2.